The van der Waals surface area contributed by atoms with Crippen LogP contribution in [0.5, 0.6) is 0 Å². The Bertz CT molecular complexity index is 581. The topological polar surface area (TPSA) is 0 Å². The van der Waals surface area contributed by atoms with E-state index in [0.29, 0.717) is 0 Å². The fourth-order valence-corrected chi connectivity index (χ4v) is 1.08. The van der Waals surface area contributed by atoms with Crippen molar-refractivity contribution in [2.45, 2.75) is 34.6 Å². The van der Waals surface area contributed by atoms with Crippen molar-refractivity contribution < 1.29 is 0 Å². The highest BCUT2D eigenvalue weighted by atomic mass is 14.0. The highest BCUT2D eigenvalue weighted by molar-refractivity contribution is 5.51. The Kier molecular flexibility index (Phi) is 12.5. The van der Waals surface area contributed by atoms with Gasteiger partial charge in [0, 0.05) is 16.7 Å². The highest BCUT2D eigenvalue weighted by Gasteiger charge is 1.93. The molecule has 0 fully saturated rings. The molecule has 0 aliphatic rings. The molecule has 110 valence electrons. The van der Waals surface area contributed by atoms with Gasteiger partial charge in [-0.15, -0.1) is 5.92 Å². The molecule has 0 rings (SSSR count). The van der Waals surface area contributed by atoms with E-state index in [0.717, 1.165) is 27.9 Å². The molecular formula is C21H26. The van der Waals surface area contributed by atoms with E-state index in [1.807, 2.05) is 45.9 Å². The van der Waals surface area contributed by atoms with Crippen molar-refractivity contribution in [3.8, 4) is 23.7 Å². The summed E-state index contributed by atoms with van der Waals surface area (Å²) in [5.74, 6) is 11.6. The van der Waals surface area contributed by atoms with Crippen LogP contribution in [0.15, 0.2) is 72.4 Å². The lowest BCUT2D eigenvalue weighted by atomic mass is 10.1. The summed E-state index contributed by atoms with van der Waals surface area (Å²) in [4.78, 5) is 0. The fourth-order valence-electron chi connectivity index (χ4n) is 1.08. The molecule has 0 amide bonds. The molecule has 0 saturated heterocycles. The molecule has 0 atom stereocenters. The second-order valence-electron chi connectivity index (χ2n) is 4.16. The van der Waals surface area contributed by atoms with Crippen LogP contribution in [0.25, 0.3) is 0 Å². The third-order valence-electron chi connectivity index (χ3n) is 2.10. The van der Waals surface area contributed by atoms with Crippen LogP contribution in [0.1, 0.15) is 34.6 Å². The van der Waals surface area contributed by atoms with Gasteiger partial charge in [0.15, 0.2) is 0 Å². The van der Waals surface area contributed by atoms with Crippen molar-refractivity contribution in [2.24, 2.45) is 0 Å². The predicted octanol–water partition coefficient (Wildman–Crippen LogP) is 5.79. The van der Waals surface area contributed by atoms with E-state index >= 15 is 0 Å². The Morgan fingerprint density at radius 1 is 0.810 bits per heavy atom. The minimum absolute atomic E-state index is 0.726. The molecule has 21 heavy (non-hydrogen) atoms. The van der Waals surface area contributed by atoms with Gasteiger partial charge in [-0.2, -0.15) is 0 Å². The Labute approximate surface area is 131 Å². The van der Waals surface area contributed by atoms with E-state index in [1.54, 1.807) is 6.92 Å². The SMILES string of the molecule is C=C(C)/C=C\C(=C)C#CC(=C)/C(C)=C\C(=C)C#CC.CC. The first-order chi connectivity index (χ1) is 9.86. The van der Waals surface area contributed by atoms with E-state index in [1.165, 1.54) is 0 Å². The molecule has 0 heteroatoms. The van der Waals surface area contributed by atoms with Gasteiger partial charge in [-0.05, 0) is 38.5 Å². The summed E-state index contributed by atoms with van der Waals surface area (Å²) < 4.78 is 0. The van der Waals surface area contributed by atoms with Crippen LogP contribution in [0.4, 0.5) is 0 Å². The van der Waals surface area contributed by atoms with Crippen LogP contribution >= 0.6 is 0 Å². The maximum atomic E-state index is 3.92. The first-order valence-electron chi connectivity index (χ1n) is 6.90. The number of hydrogen-bond donors (Lipinski definition) is 0. The lowest BCUT2D eigenvalue weighted by molar-refractivity contribution is 1.45. The summed E-state index contributed by atoms with van der Waals surface area (Å²) in [6.07, 6.45) is 5.59. The maximum absolute atomic E-state index is 3.92. The number of rotatable bonds is 4. The number of hydrogen-bond acceptors (Lipinski definition) is 0. The Hall–Kier alpha value is -2.44. The molecule has 0 aromatic rings. The fraction of sp³-hybridized carbons (Fsp3) is 0.238. The molecule has 0 saturated carbocycles. The van der Waals surface area contributed by atoms with Crippen LogP contribution in [0.2, 0.25) is 0 Å². The van der Waals surface area contributed by atoms with E-state index < -0.39 is 0 Å². The van der Waals surface area contributed by atoms with Crippen molar-refractivity contribution in [1.82, 2.24) is 0 Å². The van der Waals surface area contributed by atoms with Crippen molar-refractivity contribution >= 4 is 0 Å². The summed E-state index contributed by atoms with van der Waals surface area (Å²) in [5.41, 5.74) is 4.14. The van der Waals surface area contributed by atoms with Gasteiger partial charge in [0.25, 0.3) is 0 Å². The zero-order valence-electron chi connectivity index (χ0n) is 14.1. The van der Waals surface area contributed by atoms with E-state index in [9.17, 15) is 0 Å². The lowest BCUT2D eigenvalue weighted by Crippen LogP contribution is -1.81. The summed E-state index contributed by atoms with van der Waals surface area (Å²) in [5, 5.41) is 0. The smallest absolute Gasteiger partial charge is 0.0206 e. The third-order valence-corrected chi connectivity index (χ3v) is 2.10. The summed E-state index contributed by atoms with van der Waals surface area (Å²) >= 11 is 0. The summed E-state index contributed by atoms with van der Waals surface area (Å²) in [7, 11) is 0. The van der Waals surface area contributed by atoms with E-state index in [-0.39, 0.29) is 0 Å². The zero-order chi connectivity index (χ0) is 16.8. The van der Waals surface area contributed by atoms with Crippen LogP contribution in [0, 0.1) is 23.7 Å². The van der Waals surface area contributed by atoms with E-state index in [4.69, 9.17) is 0 Å². The molecule has 0 N–H and O–H groups in total. The standard InChI is InChI=1S/C19H20.C2H6/c1-8-9-17(5)14-19(7)18(6)13-12-16(4)11-10-15(2)3;1-2/h10-11,14H,2,4-6H2,1,3,7H3;1-2H3/b11-10-,19-14-;. The Balaban J connectivity index is 0. The van der Waals surface area contributed by atoms with Crippen LogP contribution in [-0.4, -0.2) is 0 Å². The average molecular weight is 278 g/mol. The highest BCUT2D eigenvalue weighted by Crippen LogP contribution is 2.08. The van der Waals surface area contributed by atoms with Crippen LogP contribution in [0.3, 0.4) is 0 Å². The average Bonchev–Trinajstić information content (AvgIpc) is 2.44. The van der Waals surface area contributed by atoms with Gasteiger partial charge < -0.3 is 0 Å². The maximum Gasteiger partial charge on any atom is 0.0206 e. The summed E-state index contributed by atoms with van der Waals surface area (Å²) in [6, 6.07) is 0. The van der Waals surface area contributed by atoms with Crippen molar-refractivity contribution in [3.63, 3.8) is 0 Å². The summed E-state index contributed by atoms with van der Waals surface area (Å²) in [6.45, 7) is 25.0. The monoisotopic (exact) mass is 278 g/mol. The minimum Gasteiger partial charge on any atom is -0.101 e. The molecule has 0 aromatic carbocycles. The quantitative estimate of drug-likeness (QED) is 0.451. The second kappa shape index (κ2) is 12.6. The van der Waals surface area contributed by atoms with Gasteiger partial charge in [0.2, 0.25) is 0 Å². The van der Waals surface area contributed by atoms with Gasteiger partial charge in [-0.1, -0.05) is 69.6 Å². The Morgan fingerprint density at radius 3 is 1.86 bits per heavy atom. The molecule has 0 bridgehead atoms. The molecule has 0 unspecified atom stereocenters. The van der Waals surface area contributed by atoms with Gasteiger partial charge in [0.05, 0.1) is 0 Å². The van der Waals surface area contributed by atoms with Crippen molar-refractivity contribution in [3.05, 3.63) is 72.4 Å². The van der Waals surface area contributed by atoms with Gasteiger partial charge >= 0.3 is 0 Å². The van der Waals surface area contributed by atoms with Crippen molar-refractivity contribution in [2.75, 3.05) is 0 Å². The molecule has 0 aliphatic carbocycles. The van der Waals surface area contributed by atoms with Gasteiger partial charge in [-0.3, -0.25) is 0 Å². The lowest BCUT2D eigenvalue weighted by Gasteiger charge is -1.97. The molecule has 0 heterocycles. The molecule has 0 radical (unpaired) electrons. The molecule has 0 nitrogen and oxygen atoms in total. The largest absolute Gasteiger partial charge is 0.101 e. The molecule has 0 aromatic heterocycles. The van der Waals surface area contributed by atoms with E-state index in [2.05, 4.69) is 50.0 Å². The zero-order valence-corrected chi connectivity index (χ0v) is 14.1. The van der Waals surface area contributed by atoms with Gasteiger partial charge in [0.1, 0.15) is 0 Å². The molecule has 0 aliphatic heterocycles. The normalized spacial score (nSPS) is 9.29. The number of allylic oxidation sites excluding steroid dienone is 8. The third kappa shape index (κ3) is 12.3. The molecule has 0 spiro atoms. The van der Waals surface area contributed by atoms with Crippen molar-refractivity contribution in [1.29, 1.82) is 0 Å². The van der Waals surface area contributed by atoms with Crippen LogP contribution in [-0.2, 0) is 0 Å². The Morgan fingerprint density at radius 2 is 1.38 bits per heavy atom. The van der Waals surface area contributed by atoms with Gasteiger partial charge in [-0.25, -0.2) is 0 Å². The predicted molar refractivity (Wildman–Crippen MR) is 97.7 cm³/mol. The second-order valence-corrected chi connectivity index (χ2v) is 4.16. The first-order valence-corrected chi connectivity index (χ1v) is 6.90. The molecular weight excluding hydrogens is 252 g/mol. The van der Waals surface area contributed by atoms with Crippen LogP contribution < -0.4 is 0 Å². The minimum atomic E-state index is 0.726. The first kappa shape index (κ1) is 20.9.